The van der Waals surface area contributed by atoms with Crippen LogP contribution in [-0.4, -0.2) is 16.8 Å². The summed E-state index contributed by atoms with van der Waals surface area (Å²) < 4.78 is 5.43. The quantitative estimate of drug-likeness (QED) is 0.764. The lowest BCUT2D eigenvalue weighted by atomic mass is 10.1. The van der Waals surface area contributed by atoms with Crippen LogP contribution < -0.4 is 10.1 Å². The number of anilines is 1. The zero-order chi connectivity index (χ0) is 15.2. The van der Waals surface area contributed by atoms with Crippen molar-refractivity contribution < 1.29 is 14.9 Å². The van der Waals surface area contributed by atoms with Crippen molar-refractivity contribution in [3.63, 3.8) is 0 Å². The van der Waals surface area contributed by atoms with Gasteiger partial charge in [-0.05, 0) is 37.3 Å². The van der Waals surface area contributed by atoms with Crippen LogP contribution in [0, 0.1) is 0 Å². The normalized spacial score (nSPS) is 10.4. The molecule has 0 aromatic heterocycles. The molecule has 112 valence electrons. The Morgan fingerprint density at radius 2 is 2.05 bits per heavy atom. The van der Waals surface area contributed by atoms with Crippen molar-refractivity contribution in [1.29, 1.82) is 0 Å². The van der Waals surface area contributed by atoms with E-state index in [9.17, 15) is 10.2 Å². The summed E-state index contributed by atoms with van der Waals surface area (Å²) >= 11 is 6.06. The third-order valence-corrected chi connectivity index (χ3v) is 3.45. The minimum atomic E-state index is -0.0950. The van der Waals surface area contributed by atoms with Gasteiger partial charge in [0.2, 0.25) is 0 Å². The fourth-order valence-electron chi connectivity index (χ4n) is 2.02. The summed E-state index contributed by atoms with van der Waals surface area (Å²) in [5.74, 6) is 0.828. The van der Waals surface area contributed by atoms with Gasteiger partial charge in [-0.25, -0.2) is 0 Å². The van der Waals surface area contributed by atoms with Gasteiger partial charge in [0.15, 0.2) is 0 Å². The number of aliphatic hydroxyl groups excluding tert-OH is 1. The monoisotopic (exact) mass is 307 g/mol. The van der Waals surface area contributed by atoms with Crippen molar-refractivity contribution in [3.05, 3.63) is 52.5 Å². The number of rotatable bonds is 6. The van der Waals surface area contributed by atoms with E-state index in [0.717, 1.165) is 5.69 Å². The zero-order valence-corrected chi connectivity index (χ0v) is 12.5. The smallest absolute Gasteiger partial charge is 0.124 e. The summed E-state index contributed by atoms with van der Waals surface area (Å²) in [7, 11) is 0. The van der Waals surface area contributed by atoms with E-state index in [0.29, 0.717) is 35.1 Å². The molecule has 0 radical (unpaired) electrons. The number of nitrogens with one attached hydrogen (secondary N) is 1. The third-order valence-electron chi connectivity index (χ3n) is 3.09. The molecule has 0 fully saturated rings. The van der Waals surface area contributed by atoms with Crippen LogP contribution in [0.5, 0.6) is 11.5 Å². The Hall–Kier alpha value is -1.91. The van der Waals surface area contributed by atoms with Crippen LogP contribution in [0.3, 0.4) is 0 Å². The second-order valence-corrected chi connectivity index (χ2v) is 4.91. The average molecular weight is 308 g/mol. The van der Waals surface area contributed by atoms with Gasteiger partial charge in [-0.15, -0.1) is 0 Å². The van der Waals surface area contributed by atoms with Crippen LogP contribution in [-0.2, 0) is 13.2 Å². The Morgan fingerprint density at radius 1 is 1.24 bits per heavy atom. The molecule has 0 atom stereocenters. The Balaban J connectivity index is 2.13. The van der Waals surface area contributed by atoms with Crippen molar-refractivity contribution in [3.8, 4) is 11.5 Å². The Kier molecular flexibility index (Phi) is 5.31. The van der Waals surface area contributed by atoms with Gasteiger partial charge in [-0.3, -0.25) is 0 Å². The van der Waals surface area contributed by atoms with Gasteiger partial charge in [-0.1, -0.05) is 17.7 Å². The molecule has 2 rings (SSSR count). The molecule has 0 bridgehead atoms. The minimum absolute atomic E-state index is 0.0950. The fraction of sp³-hybridized carbons (Fsp3) is 0.250. The zero-order valence-electron chi connectivity index (χ0n) is 11.8. The van der Waals surface area contributed by atoms with Crippen LogP contribution in [0.25, 0.3) is 0 Å². The molecule has 0 amide bonds. The summed E-state index contributed by atoms with van der Waals surface area (Å²) in [6.07, 6.45) is 0. The molecule has 0 heterocycles. The van der Waals surface area contributed by atoms with Gasteiger partial charge in [0.05, 0.1) is 13.2 Å². The van der Waals surface area contributed by atoms with Crippen molar-refractivity contribution in [2.24, 2.45) is 0 Å². The molecule has 0 aliphatic rings. The molecule has 5 heteroatoms. The summed E-state index contributed by atoms with van der Waals surface area (Å²) in [5, 5.41) is 22.9. The summed E-state index contributed by atoms with van der Waals surface area (Å²) in [5.41, 5.74) is 2.17. The maximum Gasteiger partial charge on any atom is 0.124 e. The fourth-order valence-corrected chi connectivity index (χ4v) is 2.26. The van der Waals surface area contributed by atoms with Crippen LogP contribution in [0.1, 0.15) is 18.1 Å². The van der Waals surface area contributed by atoms with Crippen molar-refractivity contribution >= 4 is 17.3 Å². The van der Waals surface area contributed by atoms with Crippen molar-refractivity contribution in [2.75, 3.05) is 11.9 Å². The van der Waals surface area contributed by atoms with E-state index in [2.05, 4.69) is 5.32 Å². The molecular formula is C16H18ClNO3. The lowest BCUT2D eigenvalue weighted by Crippen LogP contribution is -2.02. The standard InChI is InChI=1S/C16H18ClNO3/c1-2-21-16-7-6-12(8-11(16)10-19)18-9-13-14(17)4-3-5-15(13)20/h3-8,18-20H,2,9-10H2,1H3. The molecule has 0 saturated heterocycles. The molecule has 0 aliphatic heterocycles. The molecule has 0 saturated carbocycles. The molecule has 2 aromatic carbocycles. The largest absolute Gasteiger partial charge is 0.508 e. The van der Waals surface area contributed by atoms with Gasteiger partial charge < -0.3 is 20.3 Å². The average Bonchev–Trinajstić information content (AvgIpc) is 2.48. The summed E-state index contributed by atoms with van der Waals surface area (Å²) in [6, 6.07) is 10.5. The van der Waals surface area contributed by atoms with Crippen LogP contribution in [0.2, 0.25) is 5.02 Å². The first-order valence-corrected chi connectivity index (χ1v) is 7.10. The molecule has 2 aromatic rings. The van der Waals surface area contributed by atoms with Crippen molar-refractivity contribution in [1.82, 2.24) is 0 Å². The number of aliphatic hydroxyl groups is 1. The van der Waals surface area contributed by atoms with Crippen LogP contribution >= 0.6 is 11.6 Å². The van der Waals surface area contributed by atoms with Gasteiger partial charge in [-0.2, -0.15) is 0 Å². The van der Waals surface area contributed by atoms with Crippen molar-refractivity contribution in [2.45, 2.75) is 20.1 Å². The number of hydrogen-bond acceptors (Lipinski definition) is 4. The Morgan fingerprint density at radius 3 is 2.71 bits per heavy atom. The highest BCUT2D eigenvalue weighted by Crippen LogP contribution is 2.27. The second kappa shape index (κ2) is 7.20. The number of aromatic hydroxyl groups is 1. The van der Waals surface area contributed by atoms with Gasteiger partial charge >= 0.3 is 0 Å². The molecule has 0 unspecified atom stereocenters. The number of phenolic OH excluding ortho intramolecular Hbond substituents is 1. The van der Waals surface area contributed by atoms with Gasteiger partial charge in [0.1, 0.15) is 11.5 Å². The maximum absolute atomic E-state index is 9.80. The Labute approximate surface area is 129 Å². The first-order chi connectivity index (χ1) is 10.2. The summed E-state index contributed by atoms with van der Waals surface area (Å²) in [4.78, 5) is 0. The maximum atomic E-state index is 9.80. The van der Waals surface area contributed by atoms with Crippen LogP contribution in [0.15, 0.2) is 36.4 Å². The van der Waals surface area contributed by atoms with E-state index in [1.54, 1.807) is 18.2 Å². The number of hydrogen-bond donors (Lipinski definition) is 3. The first kappa shape index (κ1) is 15.5. The molecule has 4 nitrogen and oxygen atoms in total. The van der Waals surface area contributed by atoms with Crippen LogP contribution in [0.4, 0.5) is 5.69 Å². The molecule has 0 spiro atoms. The highest BCUT2D eigenvalue weighted by atomic mass is 35.5. The number of halogens is 1. The SMILES string of the molecule is CCOc1ccc(NCc2c(O)cccc2Cl)cc1CO. The van der Waals surface area contributed by atoms with E-state index in [1.165, 1.54) is 0 Å². The van der Waals surface area contributed by atoms with E-state index >= 15 is 0 Å². The highest BCUT2D eigenvalue weighted by molar-refractivity contribution is 6.31. The number of ether oxygens (including phenoxy) is 1. The number of benzene rings is 2. The first-order valence-electron chi connectivity index (χ1n) is 6.72. The van der Waals surface area contributed by atoms with E-state index in [1.807, 2.05) is 25.1 Å². The predicted octanol–water partition coefficient (Wildman–Crippen LogP) is 3.55. The number of phenols is 1. The summed E-state index contributed by atoms with van der Waals surface area (Å²) in [6.45, 7) is 2.74. The molecular weight excluding hydrogens is 290 g/mol. The van der Waals surface area contributed by atoms with Gasteiger partial charge in [0, 0.05) is 28.4 Å². The third kappa shape index (κ3) is 3.80. The molecule has 0 aliphatic carbocycles. The van der Waals surface area contributed by atoms with Gasteiger partial charge in [0.25, 0.3) is 0 Å². The predicted molar refractivity (Wildman–Crippen MR) is 84.0 cm³/mol. The van der Waals surface area contributed by atoms with E-state index in [4.69, 9.17) is 16.3 Å². The Bertz CT molecular complexity index is 596. The van der Waals surface area contributed by atoms with E-state index < -0.39 is 0 Å². The molecule has 21 heavy (non-hydrogen) atoms. The topological polar surface area (TPSA) is 61.7 Å². The lowest BCUT2D eigenvalue weighted by molar-refractivity contribution is 0.267. The van der Waals surface area contributed by atoms with E-state index in [-0.39, 0.29) is 12.4 Å². The highest BCUT2D eigenvalue weighted by Gasteiger charge is 2.07. The minimum Gasteiger partial charge on any atom is -0.508 e. The molecule has 3 N–H and O–H groups in total. The lowest BCUT2D eigenvalue weighted by Gasteiger charge is -2.13. The second-order valence-electron chi connectivity index (χ2n) is 4.50.